The number of carboxylic acids is 1. The minimum atomic E-state index is -1.14. The average Bonchev–Trinajstić information content (AvgIpc) is 2.64. The van der Waals surface area contributed by atoms with Crippen LogP contribution >= 0.6 is 0 Å². The van der Waals surface area contributed by atoms with Gasteiger partial charge in [0.05, 0.1) is 0 Å². The molecule has 2 amide bonds. The van der Waals surface area contributed by atoms with Crippen LogP contribution in [0, 0.1) is 25.2 Å². The summed E-state index contributed by atoms with van der Waals surface area (Å²) in [6.07, 6.45) is 0.158. The molecule has 146 valence electrons. The molecule has 8 heteroatoms. The van der Waals surface area contributed by atoms with Gasteiger partial charge in [-0.05, 0) is 31.0 Å². The van der Waals surface area contributed by atoms with E-state index in [0.29, 0.717) is 11.3 Å². The molecule has 1 heterocycles. The molecule has 0 spiro atoms. The number of benzene rings is 1. The lowest BCUT2D eigenvalue weighted by molar-refractivity contribution is -0.139. The predicted octanol–water partition coefficient (Wildman–Crippen LogP) is 1.33. The fraction of sp³-hybridized carbons (Fsp3) is 0.300. The molecule has 0 radical (unpaired) electrons. The van der Waals surface area contributed by atoms with Gasteiger partial charge in [0.2, 0.25) is 0 Å². The summed E-state index contributed by atoms with van der Waals surface area (Å²) in [5.74, 6) is -1.14. The first-order chi connectivity index (χ1) is 13.3. The summed E-state index contributed by atoms with van der Waals surface area (Å²) in [6, 6.07) is 10.9. The molecule has 0 saturated carbocycles. The molecule has 3 N–H and O–H groups in total. The van der Waals surface area contributed by atoms with Crippen LogP contribution in [0.3, 0.4) is 0 Å². The molecule has 2 rings (SSSR count). The zero-order valence-electron chi connectivity index (χ0n) is 15.7. The number of nitrogens with one attached hydrogen (secondary N) is 2. The van der Waals surface area contributed by atoms with Crippen LogP contribution < -0.4 is 16.2 Å². The van der Waals surface area contributed by atoms with Crippen LogP contribution in [0.25, 0.3) is 0 Å². The van der Waals surface area contributed by atoms with E-state index in [0.717, 1.165) is 5.56 Å². The van der Waals surface area contributed by atoms with E-state index in [1.54, 1.807) is 44.2 Å². The van der Waals surface area contributed by atoms with E-state index >= 15 is 0 Å². The van der Waals surface area contributed by atoms with Crippen molar-refractivity contribution in [1.29, 1.82) is 5.26 Å². The highest BCUT2D eigenvalue weighted by Gasteiger charge is 2.20. The Kier molecular flexibility index (Phi) is 6.93. The number of aromatic nitrogens is 1. The second-order valence-corrected chi connectivity index (χ2v) is 6.39. The number of pyridine rings is 1. The number of carbonyl (C=O) groups is 2. The zero-order valence-corrected chi connectivity index (χ0v) is 15.7. The SMILES string of the molecule is Cc1cc(C)n(CCNC(=O)N[C@H](Cc2ccccc2)C(=O)O)c(=O)c1C#N. The average molecular weight is 382 g/mol. The van der Waals surface area contributed by atoms with Gasteiger partial charge in [-0.25, -0.2) is 9.59 Å². The number of carbonyl (C=O) groups excluding carboxylic acids is 1. The summed E-state index contributed by atoms with van der Waals surface area (Å²) in [5.41, 5.74) is 1.74. The summed E-state index contributed by atoms with van der Waals surface area (Å²) in [6.45, 7) is 3.72. The Morgan fingerprint density at radius 1 is 1.25 bits per heavy atom. The molecule has 0 fully saturated rings. The largest absolute Gasteiger partial charge is 0.480 e. The van der Waals surface area contributed by atoms with Gasteiger partial charge in [-0.15, -0.1) is 0 Å². The van der Waals surface area contributed by atoms with E-state index < -0.39 is 23.6 Å². The third-order valence-corrected chi connectivity index (χ3v) is 4.32. The van der Waals surface area contributed by atoms with Gasteiger partial charge in [-0.1, -0.05) is 30.3 Å². The van der Waals surface area contributed by atoms with Gasteiger partial charge in [0.15, 0.2) is 0 Å². The monoisotopic (exact) mass is 382 g/mol. The van der Waals surface area contributed by atoms with E-state index in [-0.39, 0.29) is 25.1 Å². The number of rotatable bonds is 7. The van der Waals surface area contributed by atoms with Crippen molar-refractivity contribution >= 4 is 12.0 Å². The van der Waals surface area contributed by atoms with Crippen molar-refractivity contribution in [3.8, 4) is 6.07 Å². The molecule has 1 atom stereocenters. The second kappa shape index (κ2) is 9.37. The Bertz CT molecular complexity index is 961. The first-order valence-electron chi connectivity index (χ1n) is 8.75. The topological polar surface area (TPSA) is 124 Å². The molecule has 0 aliphatic rings. The molecule has 28 heavy (non-hydrogen) atoms. The van der Waals surface area contributed by atoms with Crippen molar-refractivity contribution in [1.82, 2.24) is 15.2 Å². The van der Waals surface area contributed by atoms with Crippen LogP contribution in [0.5, 0.6) is 0 Å². The van der Waals surface area contributed by atoms with Crippen LogP contribution in [-0.2, 0) is 17.8 Å². The highest BCUT2D eigenvalue weighted by molar-refractivity contribution is 5.82. The number of amides is 2. The Hall–Kier alpha value is -3.60. The van der Waals surface area contributed by atoms with Gasteiger partial charge in [-0.3, -0.25) is 4.79 Å². The van der Waals surface area contributed by atoms with Crippen LogP contribution in [-0.4, -0.2) is 34.3 Å². The van der Waals surface area contributed by atoms with E-state index in [4.69, 9.17) is 5.26 Å². The third-order valence-electron chi connectivity index (χ3n) is 4.32. The summed E-state index contributed by atoms with van der Waals surface area (Å²) < 4.78 is 1.41. The Balaban J connectivity index is 1.96. The zero-order chi connectivity index (χ0) is 20.7. The van der Waals surface area contributed by atoms with E-state index in [2.05, 4.69) is 10.6 Å². The van der Waals surface area contributed by atoms with Crippen LogP contribution in [0.4, 0.5) is 4.79 Å². The molecular formula is C20H22N4O4. The summed E-state index contributed by atoms with van der Waals surface area (Å²) in [5, 5.41) is 23.4. The van der Waals surface area contributed by atoms with Gasteiger partial charge in [0, 0.05) is 25.2 Å². The van der Waals surface area contributed by atoms with Crippen molar-refractivity contribution in [2.45, 2.75) is 32.9 Å². The van der Waals surface area contributed by atoms with Gasteiger partial charge in [-0.2, -0.15) is 5.26 Å². The maximum atomic E-state index is 12.3. The molecule has 0 bridgehead atoms. The maximum Gasteiger partial charge on any atom is 0.326 e. The standard InChI is InChI=1S/C20H22N4O4/c1-13-10-14(2)24(18(25)16(13)12-21)9-8-22-20(28)23-17(19(26)27)11-15-6-4-3-5-7-15/h3-7,10,17H,8-9,11H2,1-2H3,(H,26,27)(H2,22,23,28)/t17-/m1/s1. The van der Waals surface area contributed by atoms with Crippen LogP contribution in [0.2, 0.25) is 0 Å². The number of nitriles is 1. The predicted molar refractivity (Wildman–Crippen MR) is 103 cm³/mol. The fourth-order valence-corrected chi connectivity index (χ4v) is 2.88. The first kappa shape index (κ1) is 20.7. The number of urea groups is 1. The fourth-order valence-electron chi connectivity index (χ4n) is 2.88. The number of carboxylic acid groups (broad SMARTS) is 1. The normalized spacial score (nSPS) is 11.3. The van der Waals surface area contributed by atoms with Crippen LogP contribution in [0.15, 0.2) is 41.2 Å². The molecule has 0 aliphatic heterocycles. The molecule has 0 aliphatic carbocycles. The molecule has 1 aromatic carbocycles. The second-order valence-electron chi connectivity index (χ2n) is 6.39. The Morgan fingerprint density at radius 3 is 2.54 bits per heavy atom. The van der Waals surface area contributed by atoms with Gasteiger partial charge in [0.25, 0.3) is 5.56 Å². The molecule has 0 unspecified atom stereocenters. The molecule has 0 saturated heterocycles. The first-order valence-corrected chi connectivity index (χ1v) is 8.75. The van der Waals surface area contributed by atoms with E-state index in [9.17, 15) is 19.5 Å². The number of hydrogen-bond donors (Lipinski definition) is 3. The summed E-state index contributed by atoms with van der Waals surface area (Å²) in [7, 11) is 0. The number of hydrogen-bond acceptors (Lipinski definition) is 4. The Labute approximate surface area is 162 Å². The van der Waals surface area contributed by atoms with Crippen molar-refractivity contribution < 1.29 is 14.7 Å². The van der Waals surface area contributed by atoms with E-state index in [1.165, 1.54) is 4.57 Å². The smallest absolute Gasteiger partial charge is 0.326 e. The minimum absolute atomic E-state index is 0.0730. The molecule has 2 aromatic rings. The minimum Gasteiger partial charge on any atom is -0.480 e. The van der Waals surface area contributed by atoms with Crippen molar-refractivity contribution in [2.75, 3.05) is 6.54 Å². The quantitative estimate of drug-likeness (QED) is 0.666. The lowest BCUT2D eigenvalue weighted by atomic mass is 10.1. The van der Waals surface area contributed by atoms with Gasteiger partial charge >= 0.3 is 12.0 Å². The lowest BCUT2D eigenvalue weighted by Crippen LogP contribution is -2.48. The van der Waals surface area contributed by atoms with Crippen molar-refractivity contribution in [3.63, 3.8) is 0 Å². The lowest BCUT2D eigenvalue weighted by Gasteiger charge is -2.16. The van der Waals surface area contributed by atoms with Crippen LogP contribution in [0.1, 0.15) is 22.4 Å². The highest BCUT2D eigenvalue weighted by atomic mass is 16.4. The molecule has 8 nitrogen and oxygen atoms in total. The van der Waals surface area contributed by atoms with Crippen molar-refractivity contribution in [3.05, 3.63) is 69.1 Å². The summed E-state index contributed by atoms with van der Waals surface area (Å²) >= 11 is 0. The van der Waals surface area contributed by atoms with Gasteiger partial charge in [0.1, 0.15) is 17.7 Å². The number of nitrogens with zero attached hydrogens (tertiary/aromatic N) is 2. The molecule has 1 aromatic heterocycles. The number of aliphatic carboxylic acids is 1. The Morgan fingerprint density at radius 2 is 1.93 bits per heavy atom. The van der Waals surface area contributed by atoms with E-state index in [1.807, 2.05) is 12.1 Å². The third kappa shape index (κ3) is 5.20. The molecular weight excluding hydrogens is 360 g/mol. The highest BCUT2D eigenvalue weighted by Crippen LogP contribution is 2.05. The maximum absolute atomic E-state index is 12.3. The van der Waals surface area contributed by atoms with Gasteiger partial charge < -0.3 is 20.3 Å². The van der Waals surface area contributed by atoms with Crippen molar-refractivity contribution in [2.24, 2.45) is 0 Å². The number of aryl methyl sites for hydroxylation is 2. The summed E-state index contributed by atoms with van der Waals surface area (Å²) in [4.78, 5) is 35.8.